The molecule has 8 heteroatoms. The molecular formula is C15H16F3N3O2. The van der Waals surface area contributed by atoms with Gasteiger partial charge in [0.15, 0.2) is 0 Å². The summed E-state index contributed by atoms with van der Waals surface area (Å²) in [6, 6.07) is 2.73. The number of rotatable bonds is 2. The number of ether oxygens (including phenoxy) is 1. The van der Waals surface area contributed by atoms with Gasteiger partial charge in [-0.2, -0.15) is 5.10 Å². The van der Waals surface area contributed by atoms with Gasteiger partial charge in [0.2, 0.25) is 5.91 Å². The number of carbonyl (C=O) groups is 1. The average molecular weight is 327 g/mol. The van der Waals surface area contributed by atoms with Crippen LogP contribution in [0.5, 0.6) is 5.75 Å². The summed E-state index contributed by atoms with van der Waals surface area (Å²) in [4.78, 5) is 13.1. The number of hydrogen-bond donors (Lipinski definition) is 1. The first-order chi connectivity index (χ1) is 10.8. The van der Waals surface area contributed by atoms with Crippen LogP contribution in [0.3, 0.4) is 0 Å². The van der Waals surface area contributed by atoms with Gasteiger partial charge in [-0.15, -0.1) is 13.2 Å². The molecule has 1 aliphatic rings. The molecule has 1 aliphatic heterocycles. The van der Waals surface area contributed by atoms with Gasteiger partial charge in [-0.05, 0) is 30.4 Å². The molecule has 0 saturated carbocycles. The highest BCUT2D eigenvalue weighted by Gasteiger charge is 2.32. The first-order valence-corrected chi connectivity index (χ1v) is 7.32. The number of likely N-dealkylation sites (tertiary alicyclic amines) is 1. The highest BCUT2D eigenvalue weighted by Crippen LogP contribution is 2.36. The summed E-state index contributed by atoms with van der Waals surface area (Å²) in [6.07, 6.45) is -1.72. The van der Waals surface area contributed by atoms with Crippen LogP contribution in [0.2, 0.25) is 0 Å². The van der Waals surface area contributed by atoms with E-state index in [-0.39, 0.29) is 17.6 Å². The van der Waals surface area contributed by atoms with Crippen molar-refractivity contribution in [2.45, 2.75) is 32.0 Å². The summed E-state index contributed by atoms with van der Waals surface area (Å²) >= 11 is 0. The van der Waals surface area contributed by atoms with Crippen molar-refractivity contribution in [1.29, 1.82) is 0 Å². The fraction of sp³-hybridized carbons (Fsp3) is 0.467. The molecule has 0 atom stereocenters. The number of aromatic amines is 1. The number of alkyl halides is 3. The second-order valence-corrected chi connectivity index (χ2v) is 5.67. The van der Waals surface area contributed by atoms with Crippen molar-refractivity contribution in [3.63, 3.8) is 0 Å². The van der Waals surface area contributed by atoms with Gasteiger partial charge in [0.25, 0.3) is 0 Å². The molecular weight excluding hydrogens is 311 g/mol. The number of hydrogen-bond acceptors (Lipinski definition) is 3. The Morgan fingerprint density at radius 3 is 2.65 bits per heavy atom. The molecule has 1 aromatic heterocycles. The van der Waals surface area contributed by atoms with E-state index < -0.39 is 6.36 Å². The van der Waals surface area contributed by atoms with E-state index in [1.165, 1.54) is 19.1 Å². The topological polar surface area (TPSA) is 58.2 Å². The van der Waals surface area contributed by atoms with E-state index in [2.05, 4.69) is 14.9 Å². The van der Waals surface area contributed by atoms with Crippen LogP contribution in [-0.2, 0) is 4.79 Å². The summed E-state index contributed by atoms with van der Waals surface area (Å²) in [6.45, 7) is 2.72. The highest BCUT2D eigenvalue weighted by atomic mass is 19.4. The molecule has 23 heavy (non-hydrogen) atoms. The summed E-state index contributed by atoms with van der Waals surface area (Å²) in [5.74, 6) is -0.160. The van der Waals surface area contributed by atoms with Crippen molar-refractivity contribution < 1.29 is 22.7 Å². The Balaban J connectivity index is 1.90. The molecule has 1 amide bonds. The van der Waals surface area contributed by atoms with Gasteiger partial charge in [-0.1, -0.05) is 0 Å². The van der Waals surface area contributed by atoms with E-state index in [1.807, 2.05) is 0 Å². The van der Waals surface area contributed by atoms with Crippen LogP contribution in [0.25, 0.3) is 10.9 Å². The molecule has 1 saturated heterocycles. The predicted molar refractivity (Wildman–Crippen MR) is 77.0 cm³/mol. The lowest BCUT2D eigenvalue weighted by Crippen LogP contribution is -2.36. The van der Waals surface area contributed by atoms with Crippen molar-refractivity contribution in [3.05, 3.63) is 23.9 Å². The maximum Gasteiger partial charge on any atom is 0.573 e. The fourth-order valence-corrected chi connectivity index (χ4v) is 3.09. The molecule has 0 bridgehead atoms. The summed E-state index contributed by atoms with van der Waals surface area (Å²) in [7, 11) is 0. The largest absolute Gasteiger partial charge is 0.573 e. The van der Waals surface area contributed by atoms with Crippen molar-refractivity contribution in [2.75, 3.05) is 13.1 Å². The first kappa shape index (κ1) is 15.6. The molecule has 3 rings (SSSR count). The molecule has 1 N–H and O–H groups in total. The number of carbonyl (C=O) groups excluding carboxylic acids is 1. The lowest BCUT2D eigenvalue weighted by Gasteiger charge is -2.32. The molecule has 0 unspecified atom stereocenters. The van der Waals surface area contributed by atoms with Crippen molar-refractivity contribution in [3.8, 4) is 5.75 Å². The third kappa shape index (κ3) is 3.40. The quantitative estimate of drug-likeness (QED) is 0.921. The summed E-state index contributed by atoms with van der Waals surface area (Å²) in [5, 5.41) is 7.39. The van der Waals surface area contributed by atoms with Crippen molar-refractivity contribution in [2.24, 2.45) is 0 Å². The van der Waals surface area contributed by atoms with Gasteiger partial charge in [0, 0.05) is 31.5 Å². The second-order valence-electron chi connectivity index (χ2n) is 5.67. The molecule has 2 heterocycles. The predicted octanol–water partition coefficient (Wildman–Crippen LogP) is 3.19. The number of piperidine rings is 1. The van der Waals surface area contributed by atoms with E-state index >= 15 is 0 Å². The molecule has 0 aliphatic carbocycles. The lowest BCUT2D eigenvalue weighted by atomic mass is 9.87. The normalized spacial score (nSPS) is 16.8. The van der Waals surface area contributed by atoms with Crippen LogP contribution in [-0.4, -0.2) is 40.5 Å². The Kier molecular flexibility index (Phi) is 3.91. The van der Waals surface area contributed by atoms with Gasteiger partial charge in [0.05, 0.1) is 11.7 Å². The SMILES string of the molecule is CC(=O)N1CCC(c2cc(OC(F)(F)F)cc3[nH]ncc23)CC1. The maximum absolute atomic E-state index is 12.5. The summed E-state index contributed by atoms with van der Waals surface area (Å²) < 4.78 is 41.5. The Hall–Kier alpha value is -2.25. The third-order valence-electron chi connectivity index (χ3n) is 4.18. The fourth-order valence-electron chi connectivity index (χ4n) is 3.09. The molecule has 0 radical (unpaired) electrons. The number of aromatic nitrogens is 2. The van der Waals surface area contributed by atoms with E-state index in [9.17, 15) is 18.0 Å². The van der Waals surface area contributed by atoms with Crippen LogP contribution < -0.4 is 4.74 Å². The Labute approximate surface area is 130 Å². The molecule has 124 valence electrons. The van der Waals surface area contributed by atoms with Crippen molar-refractivity contribution in [1.82, 2.24) is 15.1 Å². The van der Waals surface area contributed by atoms with E-state index in [4.69, 9.17) is 0 Å². The van der Waals surface area contributed by atoms with Crippen molar-refractivity contribution >= 4 is 16.8 Å². The van der Waals surface area contributed by atoms with Crippen LogP contribution in [0, 0.1) is 0 Å². The van der Waals surface area contributed by atoms with Gasteiger partial charge in [-0.25, -0.2) is 0 Å². The van der Waals surface area contributed by atoms with Gasteiger partial charge in [0.1, 0.15) is 5.75 Å². The zero-order valence-electron chi connectivity index (χ0n) is 12.5. The number of H-pyrrole nitrogens is 1. The number of benzene rings is 1. The van der Waals surface area contributed by atoms with Gasteiger partial charge < -0.3 is 9.64 Å². The van der Waals surface area contributed by atoms with Crippen LogP contribution in [0.1, 0.15) is 31.2 Å². The number of halogens is 3. The molecule has 1 aromatic carbocycles. The van der Waals surface area contributed by atoms with E-state index in [0.717, 1.165) is 10.9 Å². The summed E-state index contributed by atoms with van der Waals surface area (Å²) in [5.41, 5.74) is 1.29. The smallest absolute Gasteiger partial charge is 0.406 e. The first-order valence-electron chi connectivity index (χ1n) is 7.32. The molecule has 1 fully saturated rings. The third-order valence-corrected chi connectivity index (χ3v) is 4.18. The molecule has 0 spiro atoms. The second kappa shape index (κ2) is 5.75. The number of nitrogens with one attached hydrogen (secondary N) is 1. The van der Waals surface area contributed by atoms with Gasteiger partial charge in [-0.3, -0.25) is 9.89 Å². The monoisotopic (exact) mass is 327 g/mol. The molecule has 2 aromatic rings. The minimum atomic E-state index is -4.73. The average Bonchev–Trinajstić information content (AvgIpc) is 2.93. The standard InChI is InChI=1S/C15H16F3N3O2/c1-9(22)21-4-2-10(3-5-21)12-6-11(23-15(16,17)18)7-14-13(12)8-19-20-14/h6-8,10H,2-5H2,1H3,(H,19,20). The number of amides is 1. The Morgan fingerprint density at radius 2 is 2.04 bits per heavy atom. The van der Waals surface area contributed by atoms with Gasteiger partial charge >= 0.3 is 6.36 Å². The van der Waals surface area contributed by atoms with Crippen LogP contribution in [0.15, 0.2) is 18.3 Å². The zero-order chi connectivity index (χ0) is 16.6. The van der Waals surface area contributed by atoms with Crippen LogP contribution >= 0.6 is 0 Å². The lowest BCUT2D eigenvalue weighted by molar-refractivity contribution is -0.274. The minimum Gasteiger partial charge on any atom is -0.406 e. The highest BCUT2D eigenvalue weighted by molar-refractivity contribution is 5.84. The zero-order valence-corrected chi connectivity index (χ0v) is 12.5. The van der Waals surface area contributed by atoms with Crippen LogP contribution in [0.4, 0.5) is 13.2 Å². The van der Waals surface area contributed by atoms with E-state index in [1.54, 1.807) is 11.1 Å². The number of fused-ring (bicyclic) bond motifs is 1. The number of nitrogens with zero attached hydrogens (tertiary/aromatic N) is 2. The Bertz CT molecular complexity index is 718. The minimum absolute atomic E-state index is 0.0195. The maximum atomic E-state index is 12.5. The van der Waals surface area contributed by atoms with E-state index in [0.29, 0.717) is 31.4 Å². The Morgan fingerprint density at radius 1 is 1.35 bits per heavy atom. The molecule has 5 nitrogen and oxygen atoms in total.